The fraction of sp³-hybridized carbons (Fsp3) is 0.520. The van der Waals surface area contributed by atoms with Gasteiger partial charge < -0.3 is 14.4 Å². The minimum Gasteiger partial charge on any atom is -0.365 e. The van der Waals surface area contributed by atoms with Gasteiger partial charge in [0.05, 0.1) is 4.92 Å². The van der Waals surface area contributed by atoms with Crippen molar-refractivity contribution in [3.05, 3.63) is 68.1 Å². The predicted octanol–water partition coefficient (Wildman–Crippen LogP) is 3.78. The third-order valence-corrected chi connectivity index (χ3v) is 7.60. The van der Waals surface area contributed by atoms with E-state index in [1.807, 2.05) is 15.5 Å². The van der Waals surface area contributed by atoms with Crippen molar-refractivity contribution in [3.8, 4) is 0 Å². The van der Waals surface area contributed by atoms with Crippen molar-refractivity contribution < 1.29 is 9.72 Å². The molecular formula is C25H30N4O4. The van der Waals surface area contributed by atoms with Crippen LogP contribution in [0.15, 0.2) is 41.2 Å². The summed E-state index contributed by atoms with van der Waals surface area (Å²) in [6.07, 6.45) is 4.96. The quantitative estimate of drug-likeness (QED) is 0.522. The lowest BCUT2D eigenvalue weighted by Crippen LogP contribution is -2.47. The van der Waals surface area contributed by atoms with Crippen LogP contribution in [-0.2, 0) is 6.54 Å². The highest BCUT2D eigenvalue weighted by Crippen LogP contribution is 2.40. The Kier molecular flexibility index (Phi) is 5.68. The van der Waals surface area contributed by atoms with Crippen LogP contribution in [0.4, 0.5) is 11.4 Å². The van der Waals surface area contributed by atoms with Crippen LogP contribution in [0.5, 0.6) is 0 Å². The Hall–Kier alpha value is -3.16. The number of anilines is 1. The van der Waals surface area contributed by atoms with E-state index in [-0.39, 0.29) is 40.0 Å². The molecule has 8 nitrogen and oxygen atoms in total. The Morgan fingerprint density at radius 3 is 2.79 bits per heavy atom. The first kappa shape index (κ1) is 21.7. The second-order valence-corrected chi connectivity index (χ2v) is 9.62. The van der Waals surface area contributed by atoms with Crippen molar-refractivity contribution in [1.29, 1.82) is 0 Å². The standard InChI is InChI=1S/C25H30N4O4/c1-2-20-6-3-4-11-27(20)25(31)18-9-10-22(23(13-18)29(32)33)26-14-17-12-19(16-26)21-7-5-8-24(30)28(21)15-17/h5,7-10,13,17,19-20H,2-4,6,11-12,14-16H2,1H3. The molecule has 8 heteroatoms. The Balaban J connectivity index is 1.44. The minimum absolute atomic E-state index is 0.0173. The molecule has 3 aliphatic rings. The Morgan fingerprint density at radius 1 is 1.15 bits per heavy atom. The second kappa shape index (κ2) is 8.65. The molecule has 174 valence electrons. The summed E-state index contributed by atoms with van der Waals surface area (Å²) in [4.78, 5) is 41.1. The average molecular weight is 451 g/mol. The summed E-state index contributed by atoms with van der Waals surface area (Å²) in [7, 11) is 0. The number of aromatic nitrogens is 1. The number of piperidine rings is 2. The number of carbonyl (C=O) groups is 1. The summed E-state index contributed by atoms with van der Waals surface area (Å²) < 4.78 is 1.86. The number of nitrogens with zero attached hydrogens (tertiary/aromatic N) is 4. The first-order valence-electron chi connectivity index (χ1n) is 12.0. The van der Waals surface area contributed by atoms with Crippen molar-refractivity contribution in [1.82, 2.24) is 9.47 Å². The van der Waals surface area contributed by atoms with Crippen LogP contribution in [0.3, 0.4) is 0 Å². The van der Waals surface area contributed by atoms with Gasteiger partial charge in [0, 0.05) is 61.5 Å². The number of nitro groups is 1. The number of rotatable bonds is 4. The number of pyridine rings is 1. The highest BCUT2D eigenvalue weighted by Gasteiger charge is 2.37. The van der Waals surface area contributed by atoms with Crippen molar-refractivity contribution in [2.45, 2.75) is 57.5 Å². The van der Waals surface area contributed by atoms with Crippen LogP contribution in [0, 0.1) is 16.0 Å². The summed E-state index contributed by atoms with van der Waals surface area (Å²) in [5.74, 6) is 0.307. The number of carbonyl (C=O) groups excluding carboxylic acids is 1. The molecule has 0 spiro atoms. The van der Waals surface area contributed by atoms with Crippen molar-refractivity contribution in [3.63, 3.8) is 0 Å². The molecule has 2 bridgehead atoms. The Labute approximate surface area is 193 Å². The van der Waals surface area contributed by atoms with Gasteiger partial charge in [-0.1, -0.05) is 13.0 Å². The van der Waals surface area contributed by atoms with Gasteiger partial charge in [0.15, 0.2) is 0 Å². The highest BCUT2D eigenvalue weighted by molar-refractivity contribution is 5.96. The number of likely N-dealkylation sites (tertiary alicyclic amines) is 1. The fourth-order valence-electron chi connectivity index (χ4n) is 6.02. The van der Waals surface area contributed by atoms with Gasteiger partial charge in [-0.25, -0.2) is 0 Å². The monoisotopic (exact) mass is 450 g/mol. The van der Waals surface area contributed by atoms with E-state index in [9.17, 15) is 19.7 Å². The summed E-state index contributed by atoms with van der Waals surface area (Å²) >= 11 is 0. The van der Waals surface area contributed by atoms with Crippen molar-refractivity contribution >= 4 is 17.3 Å². The molecule has 0 N–H and O–H groups in total. The normalized spacial score (nSPS) is 24.3. The van der Waals surface area contributed by atoms with Gasteiger partial charge in [0.1, 0.15) is 5.69 Å². The van der Waals surface area contributed by atoms with E-state index in [1.54, 1.807) is 24.3 Å². The summed E-state index contributed by atoms with van der Waals surface area (Å²) in [5, 5.41) is 12.0. The second-order valence-electron chi connectivity index (χ2n) is 9.62. The molecule has 2 aromatic rings. The van der Waals surface area contributed by atoms with Crippen LogP contribution in [0.2, 0.25) is 0 Å². The van der Waals surface area contributed by atoms with Gasteiger partial charge in [-0.15, -0.1) is 0 Å². The van der Waals surface area contributed by atoms with E-state index in [4.69, 9.17) is 0 Å². The molecule has 1 aromatic heterocycles. The molecule has 33 heavy (non-hydrogen) atoms. The number of benzene rings is 1. The van der Waals surface area contributed by atoms with E-state index in [1.165, 1.54) is 6.07 Å². The van der Waals surface area contributed by atoms with Crippen LogP contribution in [0.1, 0.15) is 61.0 Å². The van der Waals surface area contributed by atoms with E-state index in [0.717, 1.165) is 37.8 Å². The molecule has 3 aliphatic heterocycles. The molecule has 1 aromatic carbocycles. The lowest BCUT2D eigenvalue weighted by molar-refractivity contribution is -0.384. The zero-order valence-electron chi connectivity index (χ0n) is 19.0. The van der Waals surface area contributed by atoms with Gasteiger partial charge in [0.25, 0.3) is 17.2 Å². The van der Waals surface area contributed by atoms with Crippen LogP contribution in [0.25, 0.3) is 0 Å². The summed E-state index contributed by atoms with van der Waals surface area (Å²) in [5.41, 5.74) is 1.96. The molecular weight excluding hydrogens is 420 g/mol. The SMILES string of the molecule is CCC1CCCCN1C(=O)c1ccc(N2CC3CC(C2)c2cccc(=O)n2C3)c([N+](=O)[O-])c1. The first-order valence-corrected chi connectivity index (χ1v) is 12.0. The van der Waals surface area contributed by atoms with E-state index in [2.05, 4.69) is 11.8 Å². The summed E-state index contributed by atoms with van der Waals surface area (Å²) in [6, 6.07) is 10.5. The molecule has 1 amide bonds. The average Bonchev–Trinajstić information content (AvgIpc) is 2.83. The number of fused-ring (bicyclic) bond motifs is 4. The number of amides is 1. The van der Waals surface area contributed by atoms with Gasteiger partial charge in [-0.3, -0.25) is 19.7 Å². The minimum atomic E-state index is -0.373. The molecule has 3 unspecified atom stereocenters. The van der Waals surface area contributed by atoms with Crippen molar-refractivity contribution in [2.24, 2.45) is 5.92 Å². The Bertz CT molecular complexity index is 1140. The molecule has 0 aliphatic carbocycles. The largest absolute Gasteiger partial charge is 0.365 e. The van der Waals surface area contributed by atoms with Crippen LogP contribution >= 0.6 is 0 Å². The molecule has 4 heterocycles. The van der Waals surface area contributed by atoms with Crippen LogP contribution < -0.4 is 10.5 Å². The fourth-order valence-corrected chi connectivity index (χ4v) is 6.02. The topological polar surface area (TPSA) is 88.7 Å². The third kappa shape index (κ3) is 3.92. The maximum Gasteiger partial charge on any atom is 0.293 e. The van der Waals surface area contributed by atoms with Gasteiger partial charge in [-0.2, -0.15) is 0 Å². The van der Waals surface area contributed by atoms with E-state index >= 15 is 0 Å². The third-order valence-electron chi connectivity index (χ3n) is 7.60. The molecule has 0 saturated carbocycles. The zero-order valence-corrected chi connectivity index (χ0v) is 19.0. The predicted molar refractivity (Wildman–Crippen MR) is 126 cm³/mol. The molecule has 0 radical (unpaired) electrons. The number of nitro benzene ring substituents is 1. The number of hydrogen-bond donors (Lipinski definition) is 0. The van der Waals surface area contributed by atoms with E-state index in [0.29, 0.717) is 37.4 Å². The number of hydrogen-bond acceptors (Lipinski definition) is 5. The maximum atomic E-state index is 13.2. The molecule has 2 fully saturated rings. The zero-order chi connectivity index (χ0) is 23.1. The smallest absolute Gasteiger partial charge is 0.293 e. The Morgan fingerprint density at radius 2 is 2.00 bits per heavy atom. The van der Waals surface area contributed by atoms with E-state index < -0.39 is 0 Å². The van der Waals surface area contributed by atoms with Gasteiger partial charge in [-0.05, 0) is 56.2 Å². The lowest BCUT2D eigenvalue weighted by atomic mass is 9.83. The molecule has 2 saturated heterocycles. The first-order chi connectivity index (χ1) is 16.0. The van der Waals surface area contributed by atoms with Crippen LogP contribution in [-0.4, -0.2) is 46.0 Å². The highest BCUT2D eigenvalue weighted by atomic mass is 16.6. The maximum absolute atomic E-state index is 13.2. The summed E-state index contributed by atoms with van der Waals surface area (Å²) in [6.45, 7) is 4.72. The molecule has 3 atom stereocenters. The van der Waals surface area contributed by atoms with Gasteiger partial charge >= 0.3 is 0 Å². The lowest BCUT2D eigenvalue weighted by Gasteiger charge is -2.43. The van der Waals surface area contributed by atoms with Gasteiger partial charge in [0.2, 0.25) is 0 Å². The van der Waals surface area contributed by atoms with Crippen molar-refractivity contribution in [2.75, 3.05) is 24.5 Å². The molecule has 5 rings (SSSR count).